The summed E-state index contributed by atoms with van der Waals surface area (Å²) < 4.78 is 0. The molecule has 0 radical (unpaired) electrons. The summed E-state index contributed by atoms with van der Waals surface area (Å²) in [6, 6.07) is 23.8. The zero-order chi connectivity index (χ0) is 14.7. The smallest absolute Gasteiger partial charge is 0.231 e. The van der Waals surface area contributed by atoms with Crippen LogP contribution in [-0.2, 0) is 4.79 Å². The zero-order valence-electron chi connectivity index (χ0n) is 11.9. The van der Waals surface area contributed by atoms with E-state index in [-0.39, 0.29) is 11.8 Å². The van der Waals surface area contributed by atoms with Gasteiger partial charge in [-0.2, -0.15) is 0 Å². The number of carbonyl (C=O) groups excluding carboxylic acids is 1. The molecular weight excluding hydrogens is 258 g/mol. The maximum Gasteiger partial charge on any atom is 0.231 e. The molecule has 0 heterocycles. The van der Waals surface area contributed by atoms with Gasteiger partial charge in [0.15, 0.2) is 0 Å². The van der Waals surface area contributed by atoms with Gasteiger partial charge in [-0.05, 0) is 23.9 Å². The molecular formula is C19H17NO. The number of hydrogen-bond acceptors (Lipinski definition) is 1. The van der Waals surface area contributed by atoms with Crippen LogP contribution in [0.2, 0.25) is 0 Å². The second-order valence-electron chi connectivity index (χ2n) is 5.15. The van der Waals surface area contributed by atoms with E-state index in [2.05, 4.69) is 5.32 Å². The SMILES string of the molecule is CC(C(=O)Nc1cccc2ccccc12)c1ccccc1. The van der Waals surface area contributed by atoms with Crippen LogP contribution in [0.25, 0.3) is 10.8 Å². The summed E-state index contributed by atoms with van der Waals surface area (Å²) in [6.07, 6.45) is 0. The predicted molar refractivity (Wildman–Crippen MR) is 87.4 cm³/mol. The van der Waals surface area contributed by atoms with E-state index in [1.165, 1.54) is 0 Å². The predicted octanol–water partition coefficient (Wildman–Crippen LogP) is 4.58. The average Bonchev–Trinajstić information content (AvgIpc) is 2.55. The third-order valence-electron chi connectivity index (χ3n) is 3.74. The zero-order valence-corrected chi connectivity index (χ0v) is 11.9. The highest BCUT2D eigenvalue weighted by Crippen LogP contribution is 2.24. The molecule has 0 bridgehead atoms. The van der Waals surface area contributed by atoms with Crippen LogP contribution in [0.3, 0.4) is 0 Å². The fourth-order valence-corrected chi connectivity index (χ4v) is 2.47. The second kappa shape index (κ2) is 5.80. The van der Waals surface area contributed by atoms with Gasteiger partial charge in [-0.25, -0.2) is 0 Å². The number of nitrogens with one attached hydrogen (secondary N) is 1. The van der Waals surface area contributed by atoms with Gasteiger partial charge in [0, 0.05) is 11.1 Å². The highest BCUT2D eigenvalue weighted by Gasteiger charge is 2.15. The van der Waals surface area contributed by atoms with Crippen LogP contribution >= 0.6 is 0 Å². The molecule has 2 heteroatoms. The molecule has 1 N–H and O–H groups in total. The Bertz CT molecular complexity index is 759. The molecule has 0 aromatic heterocycles. The van der Waals surface area contributed by atoms with Gasteiger partial charge in [0.1, 0.15) is 0 Å². The maximum absolute atomic E-state index is 12.4. The summed E-state index contributed by atoms with van der Waals surface area (Å²) in [5, 5.41) is 5.24. The quantitative estimate of drug-likeness (QED) is 0.744. The molecule has 0 saturated carbocycles. The molecule has 0 saturated heterocycles. The van der Waals surface area contributed by atoms with Gasteiger partial charge in [0.2, 0.25) is 5.91 Å². The fraction of sp³-hybridized carbons (Fsp3) is 0.105. The Hall–Kier alpha value is -2.61. The molecule has 0 aliphatic heterocycles. The monoisotopic (exact) mass is 275 g/mol. The number of carbonyl (C=O) groups is 1. The van der Waals surface area contributed by atoms with Crippen molar-refractivity contribution in [3.05, 3.63) is 78.4 Å². The van der Waals surface area contributed by atoms with Crippen molar-refractivity contribution in [1.82, 2.24) is 0 Å². The number of fused-ring (bicyclic) bond motifs is 1. The molecule has 2 nitrogen and oxygen atoms in total. The second-order valence-corrected chi connectivity index (χ2v) is 5.15. The van der Waals surface area contributed by atoms with Crippen molar-refractivity contribution < 1.29 is 4.79 Å². The van der Waals surface area contributed by atoms with Crippen LogP contribution in [-0.4, -0.2) is 5.91 Å². The lowest BCUT2D eigenvalue weighted by atomic mass is 10.00. The average molecular weight is 275 g/mol. The minimum absolute atomic E-state index is 0.0116. The van der Waals surface area contributed by atoms with Gasteiger partial charge in [0.25, 0.3) is 0 Å². The first-order valence-electron chi connectivity index (χ1n) is 7.09. The van der Waals surface area contributed by atoms with Gasteiger partial charge in [-0.3, -0.25) is 4.79 Å². The van der Waals surface area contributed by atoms with E-state index in [0.717, 1.165) is 22.0 Å². The van der Waals surface area contributed by atoms with E-state index < -0.39 is 0 Å². The Morgan fingerprint density at radius 3 is 2.33 bits per heavy atom. The molecule has 0 spiro atoms. The molecule has 0 aliphatic carbocycles. The van der Waals surface area contributed by atoms with Gasteiger partial charge >= 0.3 is 0 Å². The number of benzene rings is 3. The Morgan fingerprint density at radius 1 is 0.857 bits per heavy atom. The highest BCUT2D eigenvalue weighted by atomic mass is 16.1. The van der Waals surface area contributed by atoms with E-state index >= 15 is 0 Å². The van der Waals surface area contributed by atoms with Gasteiger partial charge in [-0.15, -0.1) is 0 Å². The van der Waals surface area contributed by atoms with Crippen molar-refractivity contribution >= 4 is 22.4 Å². The maximum atomic E-state index is 12.4. The van der Waals surface area contributed by atoms with Crippen LogP contribution in [0.4, 0.5) is 5.69 Å². The van der Waals surface area contributed by atoms with Crippen LogP contribution in [0, 0.1) is 0 Å². The van der Waals surface area contributed by atoms with Crippen molar-refractivity contribution in [3.8, 4) is 0 Å². The molecule has 0 fully saturated rings. The third-order valence-corrected chi connectivity index (χ3v) is 3.74. The minimum Gasteiger partial charge on any atom is -0.325 e. The van der Waals surface area contributed by atoms with Crippen molar-refractivity contribution in [2.24, 2.45) is 0 Å². The normalized spacial score (nSPS) is 12.0. The summed E-state index contributed by atoms with van der Waals surface area (Å²) in [4.78, 5) is 12.4. The van der Waals surface area contributed by atoms with Gasteiger partial charge < -0.3 is 5.32 Å². The highest BCUT2D eigenvalue weighted by molar-refractivity contribution is 6.04. The molecule has 3 aromatic rings. The third kappa shape index (κ3) is 2.79. The Labute approximate surface area is 124 Å². The summed E-state index contributed by atoms with van der Waals surface area (Å²) >= 11 is 0. The number of amides is 1. The molecule has 104 valence electrons. The molecule has 21 heavy (non-hydrogen) atoms. The largest absolute Gasteiger partial charge is 0.325 e. The molecule has 3 aromatic carbocycles. The van der Waals surface area contributed by atoms with Crippen molar-refractivity contribution in [2.45, 2.75) is 12.8 Å². The van der Waals surface area contributed by atoms with E-state index in [4.69, 9.17) is 0 Å². The Morgan fingerprint density at radius 2 is 1.52 bits per heavy atom. The summed E-state index contributed by atoms with van der Waals surface area (Å²) in [5.74, 6) is -0.164. The fourth-order valence-electron chi connectivity index (χ4n) is 2.47. The molecule has 1 amide bonds. The van der Waals surface area contributed by atoms with E-state index in [0.29, 0.717) is 0 Å². The first-order valence-corrected chi connectivity index (χ1v) is 7.09. The molecule has 1 atom stereocenters. The Kier molecular flexibility index (Phi) is 3.69. The number of rotatable bonds is 3. The van der Waals surface area contributed by atoms with E-state index in [1.807, 2.05) is 79.7 Å². The lowest BCUT2D eigenvalue weighted by Gasteiger charge is -2.14. The van der Waals surface area contributed by atoms with Crippen LogP contribution < -0.4 is 5.32 Å². The van der Waals surface area contributed by atoms with Crippen molar-refractivity contribution in [1.29, 1.82) is 0 Å². The van der Waals surface area contributed by atoms with E-state index in [9.17, 15) is 4.79 Å². The van der Waals surface area contributed by atoms with Gasteiger partial charge in [0.05, 0.1) is 5.92 Å². The summed E-state index contributed by atoms with van der Waals surface area (Å²) in [5.41, 5.74) is 1.89. The minimum atomic E-state index is -0.176. The standard InChI is InChI=1S/C19H17NO/c1-14(15-8-3-2-4-9-15)19(21)20-18-13-7-11-16-10-5-6-12-17(16)18/h2-14H,1H3,(H,20,21). The number of hydrogen-bond donors (Lipinski definition) is 1. The molecule has 0 aliphatic rings. The van der Waals surface area contributed by atoms with Crippen LogP contribution in [0.15, 0.2) is 72.8 Å². The first-order chi connectivity index (χ1) is 10.3. The summed E-state index contributed by atoms with van der Waals surface area (Å²) in [7, 11) is 0. The lowest BCUT2D eigenvalue weighted by molar-refractivity contribution is -0.117. The lowest BCUT2D eigenvalue weighted by Crippen LogP contribution is -2.18. The topological polar surface area (TPSA) is 29.1 Å². The van der Waals surface area contributed by atoms with Crippen molar-refractivity contribution in [3.63, 3.8) is 0 Å². The summed E-state index contributed by atoms with van der Waals surface area (Å²) in [6.45, 7) is 1.93. The van der Waals surface area contributed by atoms with E-state index in [1.54, 1.807) is 0 Å². The Balaban J connectivity index is 1.87. The van der Waals surface area contributed by atoms with Crippen LogP contribution in [0.5, 0.6) is 0 Å². The number of anilines is 1. The molecule has 3 rings (SSSR count). The first kappa shape index (κ1) is 13.4. The van der Waals surface area contributed by atoms with Gasteiger partial charge in [-0.1, -0.05) is 66.7 Å². The van der Waals surface area contributed by atoms with Crippen LogP contribution in [0.1, 0.15) is 18.4 Å². The van der Waals surface area contributed by atoms with Crippen molar-refractivity contribution in [2.75, 3.05) is 5.32 Å². The molecule has 1 unspecified atom stereocenters.